The van der Waals surface area contributed by atoms with Gasteiger partial charge in [-0.3, -0.25) is 0 Å². The van der Waals surface area contributed by atoms with E-state index in [2.05, 4.69) is 19.9 Å². The third-order valence-electron chi connectivity index (χ3n) is 2.86. The minimum absolute atomic E-state index is 0.0650. The maximum Gasteiger partial charge on any atom is 0.0688 e. The highest BCUT2D eigenvalue weighted by molar-refractivity contribution is 5.15. The van der Waals surface area contributed by atoms with Crippen LogP contribution in [0.4, 0.5) is 0 Å². The summed E-state index contributed by atoms with van der Waals surface area (Å²) in [4.78, 5) is 0. The molecule has 0 unspecified atom stereocenters. The molecule has 0 aromatic rings. The maximum absolute atomic E-state index is 8.75. The Morgan fingerprint density at radius 1 is 1.45 bits per heavy atom. The van der Waals surface area contributed by atoms with Gasteiger partial charge >= 0.3 is 0 Å². The Morgan fingerprint density at radius 2 is 1.91 bits per heavy atom. The Labute approximate surface area is 68.4 Å². The minimum atomic E-state index is -0.140. The molecule has 0 aromatic carbocycles. The monoisotopic (exact) mass is 152 g/mol. The summed E-state index contributed by atoms with van der Waals surface area (Å²) in [5, 5.41) is 8.75. The third-order valence-corrected chi connectivity index (χ3v) is 2.86. The molecule has 0 heterocycles. The van der Waals surface area contributed by atoms with Crippen LogP contribution in [0.15, 0.2) is 0 Å². The van der Waals surface area contributed by atoms with Crippen molar-refractivity contribution in [3.63, 3.8) is 0 Å². The van der Waals surface area contributed by atoms with Crippen molar-refractivity contribution in [1.29, 1.82) is 5.26 Å². The number of nitrogens with zero attached hydrogens (tertiary/aromatic N) is 1. The van der Waals surface area contributed by atoms with Gasteiger partial charge in [0.15, 0.2) is 0 Å². The van der Waals surface area contributed by atoms with E-state index in [1.54, 1.807) is 0 Å². The molecular weight excluding hydrogens is 136 g/mol. The molecule has 62 valence electrons. The van der Waals surface area contributed by atoms with E-state index >= 15 is 0 Å². The van der Waals surface area contributed by atoms with Crippen molar-refractivity contribution in [1.82, 2.24) is 0 Å². The van der Waals surface area contributed by atoms with Gasteiger partial charge in [0.2, 0.25) is 0 Å². The number of hydrogen-bond acceptors (Lipinski definition) is 2. The van der Waals surface area contributed by atoms with Crippen LogP contribution in [0.5, 0.6) is 0 Å². The first kappa shape index (κ1) is 8.55. The molecule has 2 N–H and O–H groups in total. The summed E-state index contributed by atoms with van der Waals surface area (Å²) in [6.07, 6.45) is 1.71. The molecule has 0 bridgehead atoms. The topological polar surface area (TPSA) is 49.8 Å². The van der Waals surface area contributed by atoms with Gasteiger partial charge < -0.3 is 5.73 Å². The van der Waals surface area contributed by atoms with E-state index in [0.29, 0.717) is 5.92 Å². The molecule has 2 nitrogen and oxygen atoms in total. The van der Waals surface area contributed by atoms with E-state index in [1.807, 2.05) is 6.92 Å². The van der Waals surface area contributed by atoms with Crippen LogP contribution in [-0.2, 0) is 0 Å². The number of hydrogen-bond donors (Lipinski definition) is 1. The van der Waals surface area contributed by atoms with Gasteiger partial charge in [-0.15, -0.1) is 0 Å². The quantitative estimate of drug-likeness (QED) is 0.621. The molecule has 1 aliphatic rings. The molecule has 0 saturated heterocycles. The van der Waals surface area contributed by atoms with Gasteiger partial charge in [-0.25, -0.2) is 0 Å². The molecule has 1 fully saturated rings. The molecule has 0 aliphatic heterocycles. The average molecular weight is 152 g/mol. The standard InChI is InChI=1S/C9H16N2/c1-7(2)9(11)4-8(3,5-9)6-10/h7H,4-5,11H2,1-3H3. The third kappa shape index (κ3) is 1.25. The fourth-order valence-electron chi connectivity index (χ4n) is 1.89. The van der Waals surface area contributed by atoms with Crippen molar-refractivity contribution in [2.45, 2.75) is 39.2 Å². The fourth-order valence-corrected chi connectivity index (χ4v) is 1.89. The summed E-state index contributed by atoms with van der Waals surface area (Å²) < 4.78 is 0. The van der Waals surface area contributed by atoms with Crippen LogP contribution in [0.2, 0.25) is 0 Å². The van der Waals surface area contributed by atoms with Gasteiger partial charge in [-0.1, -0.05) is 13.8 Å². The highest BCUT2D eigenvalue weighted by Gasteiger charge is 2.51. The number of nitriles is 1. The van der Waals surface area contributed by atoms with Crippen LogP contribution in [-0.4, -0.2) is 5.54 Å². The van der Waals surface area contributed by atoms with Gasteiger partial charge in [0.25, 0.3) is 0 Å². The number of rotatable bonds is 1. The molecule has 0 aromatic heterocycles. The van der Waals surface area contributed by atoms with Gasteiger partial charge in [0.1, 0.15) is 0 Å². The molecule has 2 heteroatoms. The minimum Gasteiger partial charge on any atom is -0.325 e. The van der Waals surface area contributed by atoms with E-state index < -0.39 is 0 Å². The van der Waals surface area contributed by atoms with Gasteiger partial charge in [0.05, 0.1) is 11.5 Å². The molecule has 0 radical (unpaired) electrons. The van der Waals surface area contributed by atoms with Crippen LogP contribution < -0.4 is 5.73 Å². The zero-order chi connectivity index (χ0) is 8.70. The highest BCUT2D eigenvalue weighted by Crippen LogP contribution is 2.49. The lowest BCUT2D eigenvalue weighted by molar-refractivity contribution is 0.0577. The van der Waals surface area contributed by atoms with E-state index in [0.717, 1.165) is 12.8 Å². The second kappa shape index (κ2) is 2.22. The van der Waals surface area contributed by atoms with E-state index in [9.17, 15) is 0 Å². The molecule has 0 spiro atoms. The molecule has 1 rings (SSSR count). The first-order chi connectivity index (χ1) is 4.92. The summed E-state index contributed by atoms with van der Waals surface area (Å²) >= 11 is 0. The summed E-state index contributed by atoms with van der Waals surface area (Å²) in [5.41, 5.74) is 5.84. The summed E-state index contributed by atoms with van der Waals surface area (Å²) in [5.74, 6) is 0.490. The first-order valence-electron chi connectivity index (χ1n) is 4.12. The second-order valence-corrected chi connectivity index (χ2v) is 4.41. The molecule has 11 heavy (non-hydrogen) atoms. The maximum atomic E-state index is 8.75. The van der Waals surface area contributed by atoms with Gasteiger partial charge in [-0.2, -0.15) is 5.26 Å². The Morgan fingerprint density at radius 3 is 2.18 bits per heavy atom. The van der Waals surface area contributed by atoms with Crippen molar-refractivity contribution in [2.75, 3.05) is 0 Å². The molecule has 1 saturated carbocycles. The lowest BCUT2D eigenvalue weighted by Gasteiger charge is -2.51. The van der Waals surface area contributed by atoms with Crippen LogP contribution in [0, 0.1) is 22.7 Å². The predicted octanol–water partition coefficient (Wildman–Crippen LogP) is 1.66. The van der Waals surface area contributed by atoms with Crippen LogP contribution in [0.3, 0.4) is 0 Å². The van der Waals surface area contributed by atoms with Crippen molar-refractivity contribution < 1.29 is 0 Å². The Hall–Kier alpha value is -0.550. The van der Waals surface area contributed by atoms with E-state index in [1.165, 1.54) is 0 Å². The fraction of sp³-hybridized carbons (Fsp3) is 0.889. The van der Waals surface area contributed by atoms with E-state index in [-0.39, 0.29) is 11.0 Å². The predicted molar refractivity (Wildman–Crippen MR) is 44.7 cm³/mol. The average Bonchev–Trinajstić information content (AvgIpc) is 1.84. The lowest BCUT2D eigenvalue weighted by Crippen LogP contribution is -2.59. The molecule has 0 atom stereocenters. The zero-order valence-electron chi connectivity index (χ0n) is 7.52. The lowest BCUT2D eigenvalue weighted by atomic mass is 9.56. The smallest absolute Gasteiger partial charge is 0.0688 e. The van der Waals surface area contributed by atoms with Crippen LogP contribution in [0.1, 0.15) is 33.6 Å². The van der Waals surface area contributed by atoms with Crippen molar-refractivity contribution in [3.8, 4) is 6.07 Å². The van der Waals surface area contributed by atoms with E-state index in [4.69, 9.17) is 11.0 Å². The van der Waals surface area contributed by atoms with Gasteiger partial charge in [0, 0.05) is 5.54 Å². The van der Waals surface area contributed by atoms with Crippen LogP contribution in [0.25, 0.3) is 0 Å². The normalized spacial score (nSPS) is 43.3. The Balaban J connectivity index is 2.58. The Kier molecular flexibility index (Phi) is 1.72. The van der Waals surface area contributed by atoms with Crippen molar-refractivity contribution in [2.24, 2.45) is 17.1 Å². The summed E-state index contributed by atoms with van der Waals surface area (Å²) in [7, 11) is 0. The second-order valence-electron chi connectivity index (χ2n) is 4.41. The van der Waals surface area contributed by atoms with Crippen LogP contribution >= 0.6 is 0 Å². The molecule has 1 aliphatic carbocycles. The van der Waals surface area contributed by atoms with Gasteiger partial charge in [-0.05, 0) is 25.7 Å². The largest absolute Gasteiger partial charge is 0.325 e. The Bertz CT molecular complexity index is 194. The van der Waals surface area contributed by atoms with Crippen molar-refractivity contribution >= 4 is 0 Å². The molecule has 0 amide bonds. The molecular formula is C9H16N2. The number of nitrogens with two attached hydrogens (primary N) is 1. The highest BCUT2D eigenvalue weighted by atomic mass is 14.8. The zero-order valence-corrected chi connectivity index (χ0v) is 7.52. The van der Waals surface area contributed by atoms with Crippen molar-refractivity contribution in [3.05, 3.63) is 0 Å². The summed E-state index contributed by atoms with van der Waals surface area (Å²) in [6.45, 7) is 6.23. The summed E-state index contributed by atoms with van der Waals surface area (Å²) in [6, 6.07) is 2.31. The SMILES string of the molecule is CC(C)C1(N)CC(C)(C#N)C1. The first-order valence-corrected chi connectivity index (χ1v) is 4.12.